The van der Waals surface area contributed by atoms with E-state index in [1.54, 1.807) is 4.57 Å². The maximum Gasteiger partial charge on any atom is 0.326 e. The summed E-state index contributed by atoms with van der Waals surface area (Å²) in [4.78, 5) is 14.9. The van der Waals surface area contributed by atoms with E-state index in [9.17, 15) is 4.79 Å². The van der Waals surface area contributed by atoms with Crippen LogP contribution in [0.2, 0.25) is 0 Å². The number of hydrogen-bond acceptors (Lipinski definition) is 2. The van der Waals surface area contributed by atoms with Crippen LogP contribution >= 0.6 is 0 Å². The van der Waals surface area contributed by atoms with E-state index in [-0.39, 0.29) is 17.1 Å². The van der Waals surface area contributed by atoms with Gasteiger partial charge in [0.2, 0.25) is 0 Å². The molecule has 2 aromatic rings. The summed E-state index contributed by atoms with van der Waals surface area (Å²) in [6, 6.07) is 6.47. The first-order chi connectivity index (χ1) is 9.07. The van der Waals surface area contributed by atoms with Gasteiger partial charge in [-0.05, 0) is 44.4 Å². The van der Waals surface area contributed by atoms with Crippen molar-refractivity contribution in [2.45, 2.75) is 44.6 Å². The fourth-order valence-electron chi connectivity index (χ4n) is 3.19. The molecule has 0 bridgehead atoms. The molecule has 0 unspecified atom stereocenters. The molecule has 102 valence electrons. The molecule has 1 aromatic heterocycles. The number of hydrogen-bond donors (Lipinski definition) is 2. The molecule has 0 radical (unpaired) electrons. The van der Waals surface area contributed by atoms with Gasteiger partial charge in [-0.2, -0.15) is 0 Å². The third-order valence-electron chi connectivity index (χ3n) is 4.55. The zero-order valence-corrected chi connectivity index (χ0v) is 11.6. The van der Waals surface area contributed by atoms with Gasteiger partial charge >= 0.3 is 5.69 Å². The summed E-state index contributed by atoms with van der Waals surface area (Å²) in [6.07, 6.45) is 3.56. The highest BCUT2D eigenvalue weighted by Crippen LogP contribution is 2.43. The van der Waals surface area contributed by atoms with Gasteiger partial charge in [0.05, 0.1) is 11.0 Å². The van der Waals surface area contributed by atoms with Gasteiger partial charge < -0.3 is 10.7 Å². The first kappa shape index (κ1) is 12.5. The van der Waals surface area contributed by atoms with Crippen LogP contribution in [0.15, 0.2) is 23.0 Å². The average Bonchev–Trinajstić information content (AvgIpc) is 2.63. The number of aromatic amines is 1. The van der Waals surface area contributed by atoms with Crippen molar-refractivity contribution in [3.8, 4) is 0 Å². The van der Waals surface area contributed by atoms with Crippen LogP contribution in [0.5, 0.6) is 0 Å². The number of fused-ring (bicyclic) bond motifs is 1. The lowest BCUT2D eigenvalue weighted by molar-refractivity contribution is 0.253. The zero-order chi connectivity index (χ0) is 13.6. The lowest BCUT2D eigenvalue weighted by Gasteiger charge is -2.41. The Hall–Kier alpha value is -1.55. The maximum atomic E-state index is 12.0. The molecule has 3 rings (SSSR count). The predicted molar refractivity (Wildman–Crippen MR) is 77.5 cm³/mol. The highest BCUT2D eigenvalue weighted by atomic mass is 16.1. The summed E-state index contributed by atoms with van der Waals surface area (Å²) in [5.74, 6) is 0. The van der Waals surface area contributed by atoms with E-state index in [2.05, 4.69) is 23.2 Å². The standard InChI is InChI=1S/C15H21N3O/c1-10(2)18-13-5-4-11(8-12(13)17-14(18)19)15(9-16)6-3-7-15/h4-5,8,10H,3,6-7,9,16H2,1-2H3,(H,17,19). The Morgan fingerprint density at radius 3 is 2.68 bits per heavy atom. The maximum absolute atomic E-state index is 12.0. The van der Waals surface area contributed by atoms with Crippen LogP contribution in [0.4, 0.5) is 0 Å². The van der Waals surface area contributed by atoms with Crippen molar-refractivity contribution in [3.05, 3.63) is 34.2 Å². The van der Waals surface area contributed by atoms with Crippen molar-refractivity contribution in [1.29, 1.82) is 0 Å². The number of benzene rings is 1. The van der Waals surface area contributed by atoms with Crippen molar-refractivity contribution in [2.75, 3.05) is 6.54 Å². The fraction of sp³-hybridized carbons (Fsp3) is 0.533. The van der Waals surface area contributed by atoms with Crippen LogP contribution in [0.1, 0.15) is 44.7 Å². The summed E-state index contributed by atoms with van der Waals surface area (Å²) in [7, 11) is 0. The van der Waals surface area contributed by atoms with Gasteiger partial charge in [-0.3, -0.25) is 4.57 Å². The highest BCUT2D eigenvalue weighted by Gasteiger charge is 2.37. The first-order valence-electron chi connectivity index (χ1n) is 7.02. The van der Waals surface area contributed by atoms with Gasteiger partial charge in [0, 0.05) is 18.0 Å². The molecule has 0 aliphatic heterocycles. The van der Waals surface area contributed by atoms with Crippen LogP contribution in [-0.4, -0.2) is 16.1 Å². The topological polar surface area (TPSA) is 63.8 Å². The lowest BCUT2D eigenvalue weighted by atomic mass is 9.64. The van der Waals surface area contributed by atoms with Crippen LogP contribution < -0.4 is 11.4 Å². The van der Waals surface area contributed by atoms with E-state index in [4.69, 9.17) is 5.73 Å². The molecule has 4 heteroatoms. The number of nitrogens with two attached hydrogens (primary N) is 1. The number of imidazole rings is 1. The van der Waals surface area contributed by atoms with Gasteiger partial charge in [0.25, 0.3) is 0 Å². The van der Waals surface area contributed by atoms with Crippen molar-refractivity contribution < 1.29 is 0 Å². The Kier molecular flexibility index (Phi) is 2.78. The Balaban J connectivity index is 2.15. The quantitative estimate of drug-likeness (QED) is 0.888. The second kappa shape index (κ2) is 4.23. The molecule has 0 amide bonds. The molecule has 0 spiro atoms. The van der Waals surface area contributed by atoms with Gasteiger partial charge in [-0.15, -0.1) is 0 Å². The van der Waals surface area contributed by atoms with Gasteiger partial charge in [0.1, 0.15) is 0 Å². The second-order valence-corrected chi connectivity index (χ2v) is 5.96. The SMILES string of the molecule is CC(C)n1c(=O)[nH]c2cc(C3(CN)CCC3)ccc21. The minimum atomic E-state index is -0.0300. The third kappa shape index (κ3) is 1.74. The largest absolute Gasteiger partial charge is 0.330 e. The van der Waals surface area contributed by atoms with E-state index in [1.807, 2.05) is 13.8 Å². The second-order valence-electron chi connectivity index (χ2n) is 5.96. The van der Waals surface area contributed by atoms with E-state index in [0.717, 1.165) is 23.9 Å². The molecule has 1 saturated carbocycles. The number of nitrogens with zero attached hydrogens (tertiary/aromatic N) is 1. The highest BCUT2D eigenvalue weighted by molar-refractivity contribution is 5.76. The molecule has 1 heterocycles. The van der Waals surface area contributed by atoms with Crippen molar-refractivity contribution in [1.82, 2.24) is 9.55 Å². The van der Waals surface area contributed by atoms with Gasteiger partial charge in [-0.1, -0.05) is 12.5 Å². The van der Waals surface area contributed by atoms with Crippen LogP contribution in [0, 0.1) is 0 Å². The van der Waals surface area contributed by atoms with Crippen LogP contribution in [0.25, 0.3) is 11.0 Å². The van der Waals surface area contributed by atoms with Gasteiger partial charge in [-0.25, -0.2) is 4.79 Å². The fourth-order valence-corrected chi connectivity index (χ4v) is 3.19. The molecule has 1 aliphatic rings. The minimum absolute atomic E-state index is 0.0300. The Morgan fingerprint density at radius 2 is 2.16 bits per heavy atom. The van der Waals surface area contributed by atoms with E-state index < -0.39 is 0 Å². The monoisotopic (exact) mass is 259 g/mol. The minimum Gasteiger partial charge on any atom is -0.330 e. The zero-order valence-electron chi connectivity index (χ0n) is 11.6. The average molecular weight is 259 g/mol. The van der Waals surface area contributed by atoms with Gasteiger partial charge in [0.15, 0.2) is 0 Å². The Labute approximate surface area is 112 Å². The molecule has 4 nitrogen and oxygen atoms in total. The summed E-state index contributed by atoms with van der Waals surface area (Å²) in [5, 5.41) is 0. The third-order valence-corrected chi connectivity index (χ3v) is 4.55. The molecule has 19 heavy (non-hydrogen) atoms. The first-order valence-corrected chi connectivity index (χ1v) is 7.02. The summed E-state index contributed by atoms with van der Waals surface area (Å²) >= 11 is 0. The molecule has 1 aliphatic carbocycles. The van der Waals surface area contributed by atoms with E-state index >= 15 is 0 Å². The molecule has 0 saturated heterocycles. The number of nitrogens with one attached hydrogen (secondary N) is 1. The summed E-state index contributed by atoms with van der Waals surface area (Å²) in [6.45, 7) is 4.74. The Bertz CT molecular complexity index is 656. The molecule has 1 fully saturated rings. The van der Waals surface area contributed by atoms with Crippen molar-refractivity contribution in [2.24, 2.45) is 5.73 Å². The molecule has 1 aromatic carbocycles. The number of aromatic nitrogens is 2. The molecule has 0 atom stereocenters. The number of H-pyrrole nitrogens is 1. The molecular weight excluding hydrogens is 238 g/mol. The Morgan fingerprint density at radius 1 is 1.42 bits per heavy atom. The van der Waals surface area contributed by atoms with Crippen LogP contribution in [-0.2, 0) is 5.41 Å². The molecule has 3 N–H and O–H groups in total. The van der Waals surface area contributed by atoms with Crippen molar-refractivity contribution >= 4 is 11.0 Å². The summed E-state index contributed by atoms with van der Waals surface area (Å²) in [5.41, 5.74) is 9.24. The van der Waals surface area contributed by atoms with Crippen molar-refractivity contribution in [3.63, 3.8) is 0 Å². The van der Waals surface area contributed by atoms with E-state index in [0.29, 0.717) is 6.54 Å². The normalized spacial score (nSPS) is 17.9. The smallest absolute Gasteiger partial charge is 0.326 e. The summed E-state index contributed by atoms with van der Waals surface area (Å²) < 4.78 is 1.80. The number of rotatable bonds is 3. The molecular formula is C15H21N3O. The lowest BCUT2D eigenvalue weighted by Crippen LogP contribution is -2.41. The predicted octanol–water partition coefficient (Wildman–Crippen LogP) is 2.29. The van der Waals surface area contributed by atoms with Crippen LogP contribution in [0.3, 0.4) is 0 Å². The van der Waals surface area contributed by atoms with E-state index in [1.165, 1.54) is 12.0 Å².